The maximum atomic E-state index is 12.8. The lowest BCUT2D eigenvalue weighted by Crippen LogP contribution is -2.46. The van der Waals surface area contributed by atoms with E-state index < -0.39 is 24.0 Å². The van der Waals surface area contributed by atoms with Crippen LogP contribution >= 0.6 is 0 Å². The molecule has 13 heteroatoms. The highest BCUT2D eigenvalue weighted by atomic mass is 19.4. The Hall–Kier alpha value is -4.26. The summed E-state index contributed by atoms with van der Waals surface area (Å²) in [5.74, 6) is -1.15. The first-order valence-corrected chi connectivity index (χ1v) is 14.8. The second-order valence-corrected chi connectivity index (χ2v) is 11.7. The molecule has 10 nitrogen and oxygen atoms in total. The van der Waals surface area contributed by atoms with Crippen molar-refractivity contribution in [3.05, 3.63) is 70.8 Å². The van der Waals surface area contributed by atoms with Crippen LogP contribution < -0.4 is 9.64 Å². The number of carbonyl (C=O) groups excluding carboxylic acids is 2. The normalized spacial score (nSPS) is 19.2. The van der Waals surface area contributed by atoms with E-state index in [1.165, 1.54) is 35.6 Å². The molecule has 6 rings (SSSR count). The highest BCUT2D eigenvalue weighted by Gasteiger charge is 2.47. The number of anilines is 1. The summed E-state index contributed by atoms with van der Waals surface area (Å²) in [7, 11) is 0. The molecule has 2 saturated heterocycles. The smallest absolute Gasteiger partial charge is 0.441 e. The van der Waals surface area contributed by atoms with Crippen LogP contribution in [0.5, 0.6) is 5.75 Å². The molecule has 44 heavy (non-hydrogen) atoms. The van der Waals surface area contributed by atoms with Crippen molar-refractivity contribution < 1.29 is 32.2 Å². The number of halogens is 3. The fourth-order valence-electron chi connectivity index (χ4n) is 6.41. The van der Waals surface area contributed by atoms with Crippen LogP contribution in [0.2, 0.25) is 0 Å². The van der Waals surface area contributed by atoms with E-state index in [1.54, 1.807) is 24.3 Å². The van der Waals surface area contributed by atoms with Gasteiger partial charge in [-0.05, 0) is 61.4 Å². The van der Waals surface area contributed by atoms with Crippen molar-refractivity contribution in [2.24, 2.45) is 5.18 Å². The van der Waals surface area contributed by atoms with Gasteiger partial charge >= 0.3 is 18.4 Å². The highest BCUT2D eigenvalue weighted by molar-refractivity contribution is 5.96. The number of carbonyl (C=O) groups is 2. The van der Waals surface area contributed by atoms with Crippen LogP contribution in [0.3, 0.4) is 0 Å². The number of ether oxygens (including phenoxy) is 2. The molecule has 1 aromatic heterocycles. The lowest BCUT2D eigenvalue weighted by atomic mass is 9.91. The Labute approximate surface area is 251 Å². The number of piperidine rings is 1. The van der Waals surface area contributed by atoms with Crippen molar-refractivity contribution in [3.8, 4) is 17.0 Å². The number of alkyl halides is 3. The number of hydrogen-bond donors (Lipinski definition) is 0. The van der Waals surface area contributed by atoms with Gasteiger partial charge in [0, 0.05) is 66.2 Å². The number of rotatable bonds is 7. The second kappa shape index (κ2) is 12.0. The first-order chi connectivity index (χ1) is 21.1. The van der Waals surface area contributed by atoms with Gasteiger partial charge in [-0.2, -0.15) is 5.10 Å². The first kappa shape index (κ1) is 29.8. The third-order valence-electron chi connectivity index (χ3n) is 8.76. The van der Waals surface area contributed by atoms with E-state index in [4.69, 9.17) is 9.84 Å². The van der Waals surface area contributed by atoms with Crippen LogP contribution in [-0.2, 0) is 11.3 Å². The monoisotopic (exact) mass is 611 g/mol. The van der Waals surface area contributed by atoms with Gasteiger partial charge in [0.1, 0.15) is 11.4 Å². The SMILES string of the molecule is O=NC(=O)c1ccc(N2CC3(CCN(Cc4cn(C5CCCCC5)nc4-c4ccc(OC(F)(F)F)cc4)CC3)OC2=O)cc1. The molecule has 0 atom stereocenters. The van der Waals surface area contributed by atoms with Crippen molar-refractivity contribution in [2.45, 2.75) is 69.5 Å². The van der Waals surface area contributed by atoms with Crippen LogP contribution in [0, 0.1) is 4.91 Å². The van der Waals surface area contributed by atoms with Gasteiger partial charge in [-0.15, -0.1) is 18.1 Å². The van der Waals surface area contributed by atoms with E-state index in [1.807, 2.05) is 4.68 Å². The maximum Gasteiger partial charge on any atom is 0.573 e. The summed E-state index contributed by atoms with van der Waals surface area (Å²) in [4.78, 5) is 38.7. The van der Waals surface area contributed by atoms with Gasteiger partial charge in [-0.25, -0.2) is 4.79 Å². The lowest BCUT2D eigenvalue weighted by Gasteiger charge is -2.37. The Balaban J connectivity index is 1.15. The Morgan fingerprint density at radius 1 is 1.02 bits per heavy atom. The van der Waals surface area contributed by atoms with E-state index in [0.717, 1.165) is 42.5 Å². The van der Waals surface area contributed by atoms with Crippen molar-refractivity contribution in [2.75, 3.05) is 24.5 Å². The van der Waals surface area contributed by atoms with Gasteiger partial charge in [0.15, 0.2) is 0 Å². The number of nitrogens with zero attached hydrogens (tertiary/aromatic N) is 5. The van der Waals surface area contributed by atoms with Crippen LogP contribution in [0.25, 0.3) is 11.3 Å². The predicted octanol–water partition coefficient (Wildman–Crippen LogP) is 6.85. The Morgan fingerprint density at radius 3 is 2.34 bits per heavy atom. The number of nitroso groups, excluding NO2 is 1. The predicted molar refractivity (Wildman–Crippen MR) is 154 cm³/mol. The van der Waals surface area contributed by atoms with Gasteiger partial charge in [0.25, 0.3) is 0 Å². The molecule has 0 unspecified atom stereocenters. The summed E-state index contributed by atoms with van der Waals surface area (Å²) in [6, 6.07) is 12.2. The molecule has 2 aromatic carbocycles. The van der Waals surface area contributed by atoms with E-state index in [2.05, 4.69) is 21.0 Å². The molecule has 3 fully saturated rings. The zero-order valence-electron chi connectivity index (χ0n) is 24.0. The molecule has 1 aliphatic carbocycles. The van der Waals surface area contributed by atoms with Crippen LogP contribution in [-0.4, -0.2) is 58.3 Å². The van der Waals surface area contributed by atoms with Gasteiger partial charge in [-0.1, -0.05) is 19.3 Å². The van der Waals surface area contributed by atoms with Crippen molar-refractivity contribution in [1.82, 2.24) is 14.7 Å². The molecule has 1 spiro atoms. The molecule has 0 N–H and O–H groups in total. The first-order valence-electron chi connectivity index (χ1n) is 14.8. The van der Waals surface area contributed by atoms with Crippen molar-refractivity contribution >= 4 is 17.7 Å². The summed E-state index contributed by atoms with van der Waals surface area (Å²) < 4.78 is 50.0. The minimum Gasteiger partial charge on any atom is -0.441 e. The third-order valence-corrected chi connectivity index (χ3v) is 8.76. The number of hydrogen-bond acceptors (Lipinski definition) is 7. The zero-order chi connectivity index (χ0) is 30.9. The van der Waals surface area contributed by atoms with Crippen LogP contribution in [0.15, 0.2) is 59.9 Å². The fraction of sp³-hybridized carbons (Fsp3) is 0.452. The summed E-state index contributed by atoms with van der Waals surface area (Å²) in [6.45, 7) is 2.31. The highest BCUT2D eigenvalue weighted by Crippen LogP contribution is 2.37. The van der Waals surface area contributed by atoms with E-state index in [0.29, 0.717) is 50.7 Å². The van der Waals surface area contributed by atoms with E-state index in [9.17, 15) is 27.7 Å². The molecule has 3 aliphatic rings. The number of amides is 2. The quantitative estimate of drug-likeness (QED) is 0.269. The lowest BCUT2D eigenvalue weighted by molar-refractivity contribution is -0.274. The molecule has 2 aliphatic heterocycles. The fourth-order valence-corrected chi connectivity index (χ4v) is 6.41. The minimum absolute atomic E-state index is 0.149. The number of likely N-dealkylation sites (tertiary alicyclic amines) is 1. The minimum atomic E-state index is -4.76. The third kappa shape index (κ3) is 6.47. The molecular weight excluding hydrogens is 579 g/mol. The molecule has 3 aromatic rings. The zero-order valence-corrected chi connectivity index (χ0v) is 24.0. The van der Waals surface area contributed by atoms with Gasteiger partial charge in [-0.3, -0.25) is 19.3 Å². The molecular formula is C31H32F3N5O5. The summed E-state index contributed by atoms with van der Waals surface area (Å²) in [5.41, 5.74) is 2.52. The Bertz CT molecular complexity index is 1510. The second-order valence-electron chi connectivity index (χ2n) is 11.7. The van der Waals surface area contributed by atoms with Crippen LogP contribution in [0.4, 0.5) is 23.7 Å². The Kier molecular flexibility index (Phi) is 8.14. The van der Waals surface area contributed by atoms with Gasteiger partial charge in [0.2, 0.25) is 0 Å². The Morgan fingerprint density at radius 2 is 1.70 bits per heavy atom. The van der Waals surface area contributed by atoms with Gasteiger partial charge < -0.3 is 9.47 Å². The molecule has 1 saturated carbocycles. The molecule has 232 valence electrons. The van der Waals surface area contributed by atoms with Crippen LogP contribution in [0.1, 0.15) is 66.9 Å². The standard InChI is InChI=1S/C31H32F3N5O5/c32-31(33,34)43-26-12-8-21(9-13-26)27-23(19-39(35-27)25-4-2-1-3-5-25)18-37-16-14-30(15-17-37)20-38(29(41)44-30)24-10-6-22(7-11-24)28(40)36-42/h6-13,19,25H,1-5,14-18,20H2. The summed E-state index contributed by atoms with van der Waals surface area (Å²) in [6.07, 6.45) is 3.67. The van der Waals surface area contributed by atoms with E-state index in [-0.39, 0.29) is 11.3 Å². The molecule has 3 heterocycles. The van der Waals surface area contributed by atoms with Gasteiger partial charge in [0.05, 0.1) is 18.3 Å². The maximum absolute atomic E-state index is 12.8. The average molecular weight is 612 g/mol. The van der Waals surface area contributed by atoms with Crippen molar-refractivity contribution in [3.63, 3.8) is 0 Å². The molecule has 0 bridgehead atoms. The topological polar surface area (TPSA) is 106 Å². The van der Waals surface area contributed by atoms with Crippen molar-refractivity contribution in [1.29, 1.82) is 0 Å². The van der Waals surface area contributed by atoms with E-state index >= 15 is 0 Å². The average Bonchev–Trinajstić information content (AvgIpc) is 3.59. The summed E-state index contributed by atoms with van der Waals surface area (Å²) >= 11 is 0. The molecule has 2 amide bonds. The molecule has 0 radical (unpaired) electrons. The largest absolute Gasteiger partial charge is 0.573 e. The summed E-state index contributed by atoms with van der Waals surface area (Å²) in [5, 5.41) is 7.35. The number of benzene rings is 2. The number of aromatic nitrogens is 2.